The predicted molar refractivity (Wildman–Crippen MR) is 95.2 cm³/mol. The zero-order valence-electron chi connectivity index (χ0n) is 14.5. The molecule has 4 rings (SSSR count). The van der Waals surface area contributed by atoms with Gasteiger partial charge in [-0.1, -0.05) is 24.3 Å². The molecule has 1 aliphatic rings. The third-order valence-electron chi connectivity index (χ3n) is 4.33. The van der Waals surface area contributed by atoms with Gasteiger partial charge in [-0.2, -0.15) is 0 Å². The number of nitrogens with zero attached hydrogens (tertiary/aromatic N) is 3. The van der Waals surface area contributed by atoms with Crippen LogP contribution in [0.1, 0.15) is 6.92 Å². The topological polar surface area (TPSA) is 79.4 Å². The molecule has 1 aliphatic heterocycles. The van der Waals surface area contributed by atoms with E-state index in [2.05, 4.69) is 4.98 Å². The molecule has 0 spiro atoms. The van der Waals surface area contributed by atoms with Gasteiger partial charge in [-0.25, -0.2) is 4.39 Å². The molecule has 2 heterocycles. The van der Waals surface area contributed by atoms with Crippen LogP contribution in [0.15, 0.2) is 54.7 Å². The summed E-state index contributed by atoms with van der Waals surface area (Å²) in [5.74, 6) is 0.166. The Labute approximate surface area is 154 Å². The first kappa shape index (κ1) is 17.0. The van der Waals surface area contributed by atoms with Crippen molar-refractivity contribution in [1.82, 2.24) is 9.55 Å². The molecule has 3 aromatic rings. The fraction of sp³-hybridized carbons (Fsp3) is 0.211. The molecular weight excluding hydrogens is 353 g/mol. The Bertz CT molecular complexity index is 960. The van der Waals surface area contributed by atoms with Gasteiger partial charge in [0.25, 0.3) is 0 Å². The summed E-state index contributed by atoms with van der Waals surface area (Å²) in [6.07, 6.45) is 1.36. The van der Waals surface area contributed by atoms with Crippen LogP contribution >= 0.6 is 0 Å². The number of fused-ring (bicyclic) bond motifs is 1. The number of imidazole rings is 1. The van der Waals surface area contributed by atoms with Crippen molar-refractivity contribution in [2.45, 2.75) is 19.1 Å². The highest BCUT2D eigenvalue weighted by Gasteiger charge is 2.41. The zero-order valence-corrected chi connectivity index (χ0v) is 14.5. The van der Waals surface area contributed by atoms with Crippen molar-refractivity contribution in [3.63, 3.8) is 0 Å². The number of hydrogen-bond acceptors (Lipinski definition) is 5. The number of aromatic nitrogens is 2. The minimum Gasteiger partial charge on any atom is -0.489 e. The molecule has 0 fully saturated rings. The van der Waals surface area contributed by atoms with Crippen LogP contribution in [0.4, 0.5) is 10.2 Å². The maximum absolute atomic E-state index is 13.0. The smallest absolute Gasteiger partial charge is 0.415 e. The van der Waals surface area contributed by atoms with Crippen molar-refractivity contribution in [3.05, 3.63) is 70.7 Å². The van der Waals surface area contributed by atoms with Gasteiger partial charge in [-0.05, 0) is 47.2 Å². The quantitative estimate of drug-likeness (QED) is 0.504. The summed E-state index contributed by atoms with van der Waals surface area (Å²) in [7, 11) is 0. The molecule has 7 nitrogen and oxygen atoms in total. The molecule has 1 aromatic heterocycles. The molecule has 8 heteroatoms. The fourth-order valence-corrected chi connectivity index (χ4v) is 2.98. The Kier molecular flexibility index (Phi) is 4.02. The van der Waals surface area contributed by atoms with Gasteiger partial charge in [-0.3, -0.25) is 4.57 Å². The van der Waals surface area contributed by atoms with E-state index in [-0.39, 0.29) is 24.3 Å². The molecule has 2 aromatic carbocycles. The third-order valence-corrected chi connectivity index (χ3v) is 4.33. The molecule has 0 aliphatic carbocycles. The van der Waals surface area contributed by atoms with E-state index in [1.165, 1.54) is 18.3 Å². The molecule has 27 heavy (non-hydrogen) atoms. The second-order valence-corrected chi connectivity index (χ2v) is 6.64. The molecule has 0 saturated carbocycles. The van der Waals surface area contributed by atoms with Gasteiger partial charge < -0.3 is 19.6 Å². The van der Waals surface area contributed by atoms with Crippen LogP contribution in [-0.4, -0.2) is 26.7 Å². The lowest BCUT2D eigenvalue weighted by Gasteiger charge is -2.22. The van der Waals surface area contributed by atoms with Gasteiger partial charge in [0.05, 0.1) is 6.54 Å². The highest BCUT2D eigenvalue weighted by Crippen LogP contribution is 2.31. The standard InChI is InChI=1S/C19H16FN3O4/c1-19(11-22-10-17(23(24)25)21-18(22)27-19)12-26-16-8-4-14(5-9-16)13-2-6-15(20)7-3-13/h2-10H,11-12H2,1H3. The normalized spacial score (nSPS) is 18.0. The molecule has 0 N–H and O–H groups in total. The largest absolute Gasteiger partial charge is 0.489 e. The van der Waals surface area contributed by atoms with Crippen molar-refractivity contribution in [1.29, 1.82) is 0 Å². The van der Waals surface area contributed by atoms with Gasteiger partial charge in [0.15, 0.2) is 5.60 Å². The summed E-state index contributed by atoms with van der Waals surface area (Å²) in [6.45, 7) is 2.54. The van der Waals surface area contributed by atoms with Gasteiger partial charge in [-0.15, -0.1) is 0 Å². The van der Waals surface area contributed by atoms with Crippen LogP contribution in [0.5, 0.6) is 11.8 Å². The Morgan fingerprint density at radius 2 is 1.85 bits per heavy atom. The fourth-order valence-electron chi connectivity index (χ4n) is 2.98. The second kappa shape index (κ2) is 6.39. The first-order chi connectivity index (χ1) is 12.9. The Balaban J connectivity index is 1.39. The van der Waals surface area contributed by atoms with Crippen LogP contribution in [0.3, 0.4) is 0 Å². The summed E-state index contributed by atoms with van der Waals surface area (Å²) < 4.78 is 26.2. The Hall–Kier alpha value is -3.42. The summed E-state index contributed by atoms with van der Waals surface area (Å²) in [5.41, 5.74) is 1.21. The van der Waals surface area contributed by atoms with E-state index >= 15 is 0 Å². The molecular formula is C19H16FN3O4. The van der Waals surface area contributed by atoms with Crippen molar-refractivity contribution in [2.75, 3.05) is 6.61 Å². The first-order valence-corrected chi connectivity index (χ1v) is 8.31. The molecule has 0 bridgehead atoms. The summed E-state index contributed by atoms with van der Waals surface area (Å²) in [6, 6.07) is 14.0. The lowest BCUT2D eigenvalue weighted by molar-refractivity contribution is -0.389. The molecule has 1 atom stereocenters. The lowest BCUT2D eigenvalue weighted by atomic mass is 10.1. The van der Waals surface area contributed by atoms with Crippen LogP contribution < -0.4 is 9.47 Å². The average Bonchev–Trinajstić information content (AvgIpc) is 3.17. The minimum atomic E-state index is -0.660. The van der Waals surface area contributed by atoms with Crippen LogP contribution in [0, 0.1) is 15.9 Å². The van der Waals surface area contributed by atoms with E-state index in [0.29, 0.717) is 12.3 Å². The molecule has 0 saturated heterocycles. The van der Waals surface area contributed by atoms with Gasteiger partial charge in [0.2, 0.25) is 0 Å². The third kappa shape index (κ3) is 3.46. The molecule has 0 radical (unpaired) electrons. The first-order valence-electron chi connectivity index (χ1n) is 8.31. The van der Waals surface area contributed by atoms with Crippen molar-refractivity contribution in [3.8, 4) is 22.9 Å². The van der Waals surface area contributed by atoms with E-state index in [4.69, 9.17) is 9.47 Å². The van der Waals surface area contributed by atoms with Crippen LogP contribution in [-0.2, 0) is 6.54 Å². The Morgan fingerprint density at radius 3 is 2.44 bits per heavy atom. The summed E-state index contributed by atoms with van der Waals surface area (Å²) in [5, 5.41) is 10.8. The minimum absolute atomic E-state index is 0.222. The number of nitro groups is 1. The molecule has 0 amide bonds. The monoisotopic (exact) mass is 369 g/mol. The SMILES string of the molecule is CC1(COc2ccc(-c3ccc(F)cc3)cc2)Cn2cc([N+](=O)[O-])nc2O1. The highest BCUT2D eigenvalue weighted by atomic mass is 19.1. The number of ether oxygens (including phenoxy) is 2. The van der Waals surface area contributed by atoms with E-state index in [1.54, 1.807) is 16.7 Å². The molecule has 138 valence electrons. The average molecular weight is 369 g/mol. The van der Waals surface area contributed by atoms with E-state index < -0.39 is 10.5 Å². The van der Waals surface area contributed by atoms with Crippen LogP contribution in [0.2, 0.25) is 0 Å². The second-order valence-electron chi connectivity index (χ2n) is 6.64. The van der Waals surface area contributed by atoms with Crippen molar-refractivity contribution in [2.24, 2.45) is 0 Å². The van der Waals surface area contributed by atoms with Gasteiger partial charge in [0.1, 0.15) is 24.4 Å². The van der Waals surface area contributed by atoms with E-state index in [0.717, 1.165) is 11.1 Å². The van der Waals surface area contributed by atoms with E-state index in [9.17, 15) is 14.5 Å². The summed E-state index contributed by atoms with van der Waals surface area (Å²) >= 11 is 0. The molecule has 1 unspecified atom stereocenters. The summed E-state index contributed by atoms with van der Waals surface area (Å²) in [4.78, 5) is 14.1. The zero-order chi connectivity index (χ0) is 19.0. The van der Waals surface area contributed by atoms with Gasteiger partial charge >= 0.3 is 11.8 Å². The highest BCUT2D eigenvalue weighted by molar-refractivity contribution is 5.63. The predicted octanol–water partition coefficient (Wildman–Crippen LogP) is 3.83. The number of halogens is 1. The maximum atomic E-state index is 13.0. The van der Waals surface area contributed by atoms with Crippen molar-refractivity contribution >= 4 is 5.82 Å². The Morgan fingerprint density at radius 1 is 1.22 bits per heavy atom. The maximum Gasteiger partial charge on any atom is 0.415 e. The van der Waals surface area contributed by atoms with Crippen LogP contribution in [0.25, 0.3) is 11.1 Å². The number of hydrogen-bond donors (Lipinski definition) is 0. The lowest BCUT2D eigenvalue weighted by Crippen LogP contribution is -2.38. The van der Waals surface area contributed by atoms with E-state index in [1.807, 2.05) is 31.2 Å². The van der Waals surface area contributed by atoms with Crippen molar-refractivity contribution < 1.29 is 18.8 Å². The number of benzene rings is 2. The van der Waals surface area contributed by atoms with Gasteiger partial charge in [0, 0.05) is 4.98 Å². The number of rotatable bonds is 5.